The third-order valence-electron chi connectivity index (χ3n) is 2.25. The predicted octanol–water partition coefficient (Wildman–Crippen LogP) is 2.99. The van der Waals surface area contributed by atoms with E-state index in [-0.39, 0.29) is 5.82 Å². The maximum absolute atomic E-state index is 13.0. The molecule has 0 amide bonds. The second kappa shape index (κ2) is 4.09. The minimum absolute atomic E-state index is 0.334. The lowest BCUT2D eigenvalue weighted by Gasteiger charge is -2.08. The van der Waals surface area contributed by atoms with E-state index in [1.54, 1.807) is 10.6 Å². The molecule has 5 heteroatoms. The molecule has 0 atom stereocenters. The smallest absolute Gasteiger partial charge is 0.182 e. The average molecular weight is 238 g/mol. The number of hydrogen-bond acceptors (Lipinski definition) is 2. The predicted molar refractivity (Wildman–Crippen MR) is 62.2 cm³/mol. The lowest BCUT2D eigenvalue weighted by Crippen LogP contribution is -1.97. The van der Waals surface area contributed by atoms with Crippen LogP contribution in [0.2, 0.25) is 0 Å². The molecule has 1 aromatic heterocycles. The zero-order valence-electron chi connectivity index (χ0n) is 8.95. The third-order valence-corrected chi connectivity index (χ3v) is 2.55. The Bertz CT molecular complexity index is 574. The fourth-order valence-electron chi connectivity index (χ4n) is 1.54. The molecular formula is C11H11FN2OS. The van der Waals surface area contributed by atoms with Crippen LogP contribution >= 0.6 is 12.2 Å². The van der Waals surface area contributed by atoms with Gasteiger partial charge < -0.3 is 9.72 Å². The normalized spacial score (nSPS) is 10.4. The highest BCUT2D eigenvalue weighted by Gasteiger charge is 2.08. The number of aromatic amines is 1. The van der Waals surface area contributed by atoms with Gasteiger partial charge in [-0.05, 0) is 31.3 Å². The molecular weight excluding hydrogens is 227 g/mol. The number of benzene rings is 1. The quantitative estimate of drug-likeness (QED) is 0.815. The molecule has 0 aliphatic heterocycles. The summed E-state index contributed by atoms with van der Waals surface area (Å²) in [6, 6.07) is 4.35. The summed E-state index contributed by atoms with van der Waals surface area (Å²) >= 11 is 5.15. The van der Waals surface area contributed by atoms with Crippen LogP contribution < -0.4 is 4.74 Å². The number of hydrogen-bond donors (Lipinski definition) is 1. The van der Waals surface area contributed by atoms with E-state index >= 15 is 0 Å². The number of methoxy groups -OCH3 is 1. The van der Waals surface area contributed by atoms with Gasteiger partial charge in [0.15, 0.2) is 4.77 Å². The van der Waals surface area contributed by atoms with Gasteiger partial charge in [-0.15, -0.1) is 0 Å². The number of imidazole rings is 1. The molecule has 3 nitrogen and oxygen atoms in total. The van der Waals surface area contributed by atoms with Crippen molar-refractivity contribution in [1.29, 1.82) is 0 Å². The summed E-state index contributed by atoms with van der Waals surface area (Å²) in [4.78, 5) is 3.00. The van der Waals surface area contributed by atoms with Crippen molar-refractivity contribution in [3.63, 3.8) is 0 Å². The van der Waals surface area contributed by atoms with Gasteiger partial charge in [-0.3, -0.25) is 4.57 Å². The van der Waals surface area contributed by atoms with Gasteiger partial charge in [0.2, 0.25) is 0 Å². The van der Waals surface area contributed by atoms with Crippen molar-refractivity contribution in [2.24, 2.45) is 0 Å². The van der Waals surface area contributed by atoms with Gasteiger partial charge in [0.25, 0.3) is 0 Å². The SMILES string of the molecule is COc1cc(F)ccc1-n1cc(C)[nH]c1=S. The van der Waals surface area contributed by atoms with E-state index in [0.29, 0.717) is 10.5 Å². The topological polar surface area (TPSA) is 29.9 Å². The number of ether oxygens (including phenoxy) is 1. The van der Waals surface area contributed by atoms with Crippen LogP contribution in [0.5, 0.6) is 5.75 Å². The molecule has 0 aliphatic carbocycles. The van der Waals surface area contributed by atoms with Crippen LogP contribution in [0.25, 0.3) is 5.69 Å². The van der Waals surface area contributed by atoms with Gasteiger partial charge in [-0.2, -0.15) is 0 Å². The fraction of sp³-hybridized carbons (Fsp3) is 0.182. The molecule has 0 aliphatic rings. The van der Waals surface area contributed by atoms with E-state index < -0.39 is 0 Å². The molecule has 0 radical (unpaired) electrons. The maximum Gasteiger partial charge on any atom is 0.182 e. The highest BCUT2D eigenvalue weighted by atomic mass is 32.1. The molecule has 2 aromatic rings. The van der Waals surface area contributed by atoms with Crippen molar-refractivity contribution in [3.8, 4) is 11.4 Å². The van der Waals surface area contributed by atoms with Crippen LogP contribution in [0.3, 0.4) is 0 Å². The summed E-state index contributed by atoms with van der Waals surface area (Å²) in [5, 5.41) is 0. The number of halogens is 1. The van der Waals surface area contributed by atoms with Crippen LogP contribution in [0.15, 0.2) is 24.4 Å². The Balaban J connectivity index is 2.64. The summed E-state index contributed by atoms with van der Waals surface area (Å²) < 4.78 is 20.5. The first-order chi connectivity index (χ1) is 7.61. The molecule has 0 saturated carbocycles. The largest absolute Gasteiger partial charge is 0.494 e. The zero-order chi connectivity index (χ0) is 11.7. The van der Waals surface area contributed by atoms with Crippen molar-refractivity contribution < 1.29 is 9.13 Å². The molecule has 84 valence electrons. The summed E-state index contributed by atoms with van der Waals surface area (Å²) in [6.45, 7) is 1.91. The van der Waals surface area contributed by atoms with Crippen LogP contribution in [0, 0.1) is 17.5 Å². The van der Waals surface area contributed by atoms with Crippen molar-refractivity contribution in [3.05, 3.63) is 40.7 Å². The molecule has 1 aromatic carbocycles. The Labute approximate surface area is 97.5 Å². The van der Waals surface area contributed by atoms with Crippen molar-refractivity contribution >= 4 is 12.2 Å². The summed E-state index contributed by atoms with van der Waals surface area (Å²) in [5.74, 6) is 0.120. The number of rotatable bonds is 2. The lowest BCUT2D eigenvalue weighted by atomic mass is 10.3. The second-order valence-electron chi connectivity index (χ2n) is 3.43. The first-order valence-electron chi connectivity index (χ1n) is 4.74. The molecule has 1 heterocycles. The zero-order valence-corrected chi connectivity index (χ0v) is 9.77. The van der Waals surface area contributed by atoms with Crippen molar-refractivity contribution in [2.75, 3.05) is 7.11 Å². The van der Waals surface area contributed by atoms with Crippen molar-refractivity contribution in [1.82, 2.24) is 9.55 Å². The maximum atomic E-state index is 13.0. The number of aromatic nitrogens is 2. The Morgan fingerprint density at radius 1 is 1.44 bits per heavy atom. The Kier molecular flexibility index (Phi) is 2.78. The highest BCUT2D eigenvalue weighted by Crippen LogP contribution is 2.24. The van der Waals surface area contributed by atoms with E-state index in [1.807, 2.05) is 13.1 Å². The average Bonchev–Trinajstić information content (AvgIpc) is 2.57. The van der Waals surface area contributed by atoms with Gasteiger partial charge in [-0.25, -0.2) is 4.39 Å². The molecule has 1 N–H and O–H groups in total. The standard InChI is InChI=1S/C11H11FN2OS/c1-7-6-14(11(16)13-7)9-4-3-8(12)5-10(9)15-2/h3-6H,1-2H3,(H,13,16). The van der Waals surface area contributed by atoms with Crippen molar-refractivity contribution in [2.45, 2.75) is 6.92 Å². The van der Waals surface area contributed by atoms with Crippen LogP contribution in [0.1, 0.15) is 5.69 Å². The van der Waals surface area contributed by atoms with Gasteiger partial charge >= 0.3 is 0 Å². The van der Waals surface area contributed by atoms with Crippen LogP contribution in [0.4, 0.5) is 4.39 Å². The highest BCUT2D eigenvalue weighted by molar-refractivity contribution is 7.71. The summed E-state index contributed by atoms with van der Waals surface area (Å²) in [5.41, 5.74) is 1.66. The lowest BCUT2D eigenvalue weighted by molar-refractivity contribution is 0.409. The summed E-state index contributed by atoms with van der Waals surface area (Å²) in [6.07, 6.45) is 1.85. The van der Waals surface area contributed by atoms with Gasteiger partial charge in [-0.1, -0.05) is 0 Å². The van der Waals surface area contributed by atoms with E-state index in [9.17, 15) is 4.39 Å². The molecule has 0 bridgehead atoms. The first kappa shape index (κ1) is 10.9. The number of H-pyrrole nitrogens is 1. The molecule has 2 rings (SSSR count). The van der Waals surface area contributed by atoms with E-state index in [0.717, 1.165) is 11.4 Å². The van der Waals surface area contributed by atoms with E-state index in [2.05, 4.69) is 4.98 Å². The molecule has 16 heavy (non-hydrogen) atoms. The fourth-order valence-corrected chi connectivity index (χ4v) is 1.85. The van der Waals surface area contributed by atoms with Crippen LogP contribution in [-0.2, 0) is 0 Å². The minimum atomic E-state index is -0.334. The monoisotopic (exact) mass is 238 g/mol. The molecule has 0 spiro atoms. The van der Waals surface area contributed by atoms with E-state index in [1.165, 1.54) is 19.2 Å². The second-order valence-corrected chi connectivity index (χ2v) is 3.82. The van der Waals surface area contributed by atoms with Gasteiger partial charge in [0.05, 0.1) is 12.8 Å². The number of aryl methyl sites for hydroxylation is 1. The third kappa shape index (κ3) is 1.86. The van der Waals surface area contributed by atoms with Gasteiger partial charge in [0, 0.05) is 18.0 Å². The molecule has 0 fully saturated rings. The van der Waals surface area contributed by atoms with Gasteiger partial charge in [0.1, 0.15) is 11.6 Å². The van der Waals surface area contributed by atoms with Crippen LogP contribution in [-0.4, -0.2) is 16.7 Å². The first-order valence-corrected chi connectivity index (χ1v) is 5.15. The molecule has 0 saturated heterocycles. The Morgan fingerprint density at radius 2 is 2.19 bits per heavy atom. The Hall–Kier alpha value is -1.62. The number of nitrogens with zero attached hydrogens (tertiary/aromatic N) is 1. The Morgan fingerprint density at radius 3 is 2.75 bits per heavy atom. The number of nitrogens with one attached hydrogen (secondary N) is 1. The summed E-state index contributed by atoms with van der Waals surface area (Å²) in [7, 11) is 1.50. The minimum Gasteiger partial charge on any atom is -0.494 e. The van der Waals surface area contributed by atoms with E-state index in [4.69, 9.17) is 17.0 Å². The molecule has 0 unspecified atom stereocenters.